The van der Waals surface area contributed by atoms with E-state index in [1.807, 2.05) is 42.1 Å². The fourth-order valence-corrected chi connectivity index (χ4v) is 5.30. The van der Waals surface area contributed by atoms with Gasteiger partial charge in [0.2, 0.25) is 15.9 Å². The van der Waals surface area contributed by atoms with Crippen LogP contribution in [0.2, 0.25) is 0 Å². The minimum atomic E-state index is -3.90. The summed E-state index contributed by atoms with van der Waals surface area (Å²) in [5, 5.41) is 0. The van der Waals surface area contributed by atoms with Crippen molar-refractivity contribution >= 4 is 15.9 Å². The Balaban J connectivity index is 1.86. The van der Waals surface area contributed by atoms with E-state index >= 15 is 0 Å². The van der Waals surface area contributed by atoms with Crippen LogP contribution in [0, 0.1) is 0 Å². The van der Waals surface area contributed by atoms with Gasteiger partial charge in [-0.3, -0.25) is 4.79 Å². The molecule has 0 unspecified atom stereocenters. The van der Waals surface area contributed by atoms with Gasteiger partial charge in [-0.25, -0.2) is 8.42 Å². The topological polar surface area (TPSA) is 85.0 Å². The Kier molecular flexibility index (Phi) is 9.16. The monoisotopic (exact) mass is 515 g/mol. The van der Waals surface area contributed by atoms with Crippen LogP contribution in [0.15, 0.2) is 70.3 Å². The highest BCUT2D eigenvalue weighted by atomic mass is 32.2. The number of methoxy groups -OCH3 is 1. The van der Waals surface area contributed by atoms with Gasteiger partial charge in [0, 0.05) is 39.2 Å². The molecule has 1 aromatic carbocycles. The van der Waals surface area contributed by atoms with E-state index in [1.165, 1.54) is 4.31 Å². The quantitative estimate of drug-likeness (QED) is 0.338. The van der Waals surface area contributed by atoms with Crippen molar-refractivity contribution in [3.63, 3.8) is 0 Å². The number of rotatable bonds is 12. The first kappa shape index (κ1) is 27.7. The van der Waals surface area contributed by atoms with Crippen molar-refractivity contribution < 1.29 is 22.4 Å². The Morgan fingerprint density at radius 1 is 1.06 bits per heavy atom. The molecule has 9 heteroatoms. The lowest BCUT2D eigenvalue weighted by Gasteiger charge is -2.27. The first-order valence-electron chi connectivity index (χ1n) is 12.0. The molecule has 36 heavy (non-hydrogen) atoms. The van der Waals surface area contributed by atoms with Crippen molar-refractivity contribution in [2.24, 2.45) is 7.05 Å². The molecule has 2 heterocycles. The van der Waals surface area contributed by atoms with Crippen molar-refractivity contribution in [3.05, 3.63) is 78.0 Å². The zero-order chi connectivity index (χ0) is 26.3. The van der Waals surface area contributed by atoms with Crippen molar-refractivity contribution in [1.82, 2.24) is 13.8 Å². The average Bonchev–Trinajstić information content (AvgIpc) is 3.49. The van der Waals surface area contributed by atoms with Crippen LogP contribution in [0.25, 0.3) is 0 Å². The fraction of sp³-hybridized carbons (Fsp3) is 0.444. The van der Waals surface area contributed by atoms with E-state index in [0.29, 0.717) is 25.3 Å². The second-order valence-corrected chi connectivity index (χ2v) is 11.8. The summed E-state index contributed by atoms with van der Waals surface area (Å²) in [4.78, 5) is 15.3. The molecule has 2 aromatic heterocycles. The number of carbonyl (C=O) groups is 1. The van der Waals surface area contributed by atoms with Crippen LogP contribution in [-0.4, -0.2) is 54.9 Å². The van der Waals surface area contributed by atoms with Gasteiger partial charge in [-0.05, 0) is 53.8 Å². The van der Waals surface area contributed by atoms with Crippen LogP contribution >= 0.6 is 0 Å². The Morgan fingerprint density at radius 3 is 2.33 bits per heavy atom. The van der Waals surface area contributed by atoms with E-state index in [1.54, 1.807) is 42.5 Å². The van der Waals surface area contributed by atoms with Crippen LogP contribution in [0.3, 0.4) is 0 Å². The minimum absolute atomic E-state index is 0.0975. The third-order valence-corrected chi connectivity index (χ3v) is 7.97. The van der Waals surface area contributed by atoms with Crippen molar-refractivity contribution in [1.29, 1.82) is 0 Å². The zero-order valence-corrected chi connectivity index (χ0v) is 22.6. The van der Waals surface area contributed by atoms with Gasteiger partial charge in [0.05, 0.1) is 30.8 Å². The lowest BCUT2D eigenvalue weighted by molar-refractivity contribution is -0.133. The summed E-state index contributed by atoms with van der Waals surface area (Å²) in [6.45, 7) is 7.08. The van der Waals surface area contributed by atoms with E-state index in [0.717, 1.165) is 11.3 Å². The summed E-state index contributed by atoms with van der Waals surface area (Å²) in [7, 11) is -0.423. The lowest BCUT2D eigenvalue weighted by Crippen LogP contribution is -2.43. The molecule has 0 spiro atoms. The molecule has 8 nitrogen and oxygen atoms in total. The summed E-state index contributed by atoms with van der Waals surface area (Å²) < 4.78 is 41.1. The smallest absolute Gasteiger partial charge is 0.243 e. The highest BCUT2D eigenvalue weighted by molar-refractivity contribution is 7.89. The molecular formula is C27H37N3O5S. The maximum atomic E-state index is 13.6. The van der Waals surface area contributed by atoms with E-state index in [9.17, 15) is 13.2 Å². The van der Waals surface area contributed by atoms with E-state index in [2.05, 4.69) is 20.8 Å². The van der Waals surface area contributed by atoms with Crippen LogP contribution < -0.4 is 0 Å². The van der Waals surface area contributed by atoms with Gasteiger partial charge in [0.15, 0.2) is 0 Å². The number of carbonyl (C=O) groups excluding carboxylic acids is 1. The molecule has 0 aliphatic carbocycles. The predicted molar refractivity (Wildman–Crippen MR) is 139 cm³/mol. The van der Waals surface area contributed by atoms with Crippen LogP contribution in [0.5, 0.6) is 0 Å². The summed E-state index contributed by atoms with van der Waals surface area (Å²) in [6, 6.07) is 14.3. The number of aryl methyl sites for hydroxylation is 1. The molecule has 0 radical (unpaired) electrons. The van der Waals surface area contributed by atoms with Gasteiger partial charge in [-0.1, -0.05) is 32.9 Å². The number of furan rings is 1. The fourth-order valence-electron chi connectivity index (χ4n) is 3.88. The molecule has 0 fully saturated rings. The number of amides is 1. The van der Waals surface area contributed by atoms with E-state index < -0.39 is 10.0 Å². The number of hydrogen-bond donors (Lipinski definition) is 0. The van der Waals surface area contributed by atoms with Crippen LogP contribution in [-0.2, 0) is 45.1 Å². The average molecular weight is 516 g/mol. The van der Waals surface area contributed by atoms with Gasteiger partial charge < -0.3 is 18.6 Å². The van der Waals surface area contributed by atoms with Gasteiger partial charge in [0.25, 0.3) is 0 Å². The Hall–Kier alpha value is -2.88. The molecule has 196 valence electrons. The second kappa shape index (κ2) is 11.9. The summed E-state index contributed by atoms with van der Waals surface area (Å²) in [6.07, 6.45) is 3.94. The molecule has 0 N–H and O–H groups in total. The largest absolute Gasteiger partial charge is 0.467 e. The molecule has 0 aliphatic heterocycles. The van der Waals surface area contributed by atoms with E-state index in [4.69, 9.17) is 9.15 Å². The highest BCUT2D eigenvalue weighted by Crippen LogP contribution is 2.25. The number of aromatic nitrogens is 1. The molecule has 0 saturated carbocycles. The van der Waals surface area contributed by atoms with Gasteiger partial charge in [-0.15, -0.1) is 0 Å². The maximum absolute atomic E-state index is 13.6. The van der Waals surface area contributed by atoms with Crippen LogP contribution in [0.4, 0.5) is 0 Å². The third-order valence-electron chi connectivity index (χ3n) is 6.11. The van der Waals surface area contributed by atoms with E-state index in [-0.39, 0.29) is 35.9 Å². The SMILES string of the molecule is COCCCN(CC(=O)N(Cc1ccco1)Cc1cccn1C)S(=O)(=O)c1ccc(C(C)(C)C)cc1. The molecule has 3 rings (SSSR count). The lowest BCUT2D eigenvalue weighted by atomic mass is 9.87. The third kappa shape index (κ3) is 7.09. The summed E-state index contributed by atoms with van der Waals surface area (Å²) in [5.41, 5.74) is 1.87. The highest BCUT2D eigenvalue weighted by Gasteiger charge is 2.29. The standard InChI is InChI=1S/C27H37N3O5S/c1-27(2,3)22-11-13-25(14-12-22)36(32,33)30(16-8-17-34-5)21-26(31)29(20-24-10-7-18-35-24)19-23-9-6-15-28(23)4/h6-7,9-15,18H,8,16-17,19-21H2,1-5H3. The summed E-state index contributed by atoms with van der Waals surface area (Å²) in [5.74, 6) is 0.323. The zero-order valence-electron chi connectivity index (χ0n) is 21.8. The van der Waals surface area contributed by atoms with Crippen molar-refractivity contribution in [3.8, 4) is 0 Å². The van der Waals surface area contributed by atoms with Crippen LogP contribution in [0.1, 0.15) is 44.2 Å². The number of nitrogens with zero attached hydrogens (tertiary/aromatic N) is 3. The first-order valence-corrected chi connectivity index (χ1v) is 13.5. The second-order valence-electron chi connectivity index (χ2n) is 9.90. The number of ether oxygens (including phenoxy) is 1. The van der Waals surface area contributed by atoms with Crippen molar-refractivity contribution in [2.45, 2.75) is 50.6 Å². The number of benzene rings is 1. The van der Waals surface area contributed by atoms with Crippen molar-refractivity contribution in [2.75, 3.05) is 26.8 Å². The van der Waals surface area contributed by atoms with Gasteiger partial charge in [0.1, 0.15) is 5.76 Å². The molecule has 0 bridgehead atoms. The summed E-state index contributed by atoms with van der Waals surface area (Å²) >= 11 is 0. The molecule has 3 aromatic rings. The number of sulfonamides is 1. The normalized spacial score (nSPS) is 12.3. The predicted octanol–water partition coefficient (Wildman–Crippen LogP) is 4.17. The molecule has 0 saturated heterocycles. The maximum Gasteiger partial charge on any atom is 0.243 e. The molecule has 1 amide bonds. The minimum Gasteiger partial charge on any atom is -0.467 e. The Labute approximate surface area is 214 Å². The van der Waals surface area contributed by atoms with Gasteiger partial charge >= 0.3 is 0 Å². The first-order chi connectivity index (χ1) is 17.0. The molecular weight excluding hydrogens is 478 g/mol. The van der Waals surface area contributed by atoms with Gasteiger partial charge in [-0.2, -0.15) is 4.31 Å². The number of hydrogen-bond acceptors (Lipinski definition) is 5. The molecule has 0 atom stereocenters. The Bertz CT molecular complexity index is 1210. The molecule has 0 aliphatic rings. The Morgan fingerprint density at radius 2 is 1.78 bits per heavy atom.